The molecule has 2 aromatic heterocycles. The van der Waals surface area contributed by atoms with E-state index in [0.717, 1.165) is 11.3 Å². The molecule has 0 unspecified atom stereocenters. The van der Waals surface area contributed by atoms with E-state index in [9.17, 15) is 18.3 Å². The molecule has 24 heavy (non-hydrogen) atoms. The Hall–Kier alpha value is -1.79. The molecule has 1 amide bonds. The number of primary amides is 1. The quantitative estimate of drug-likeness (QED) is 0.633. The lowest BCUT2D eigenvalue weighted by Crippen LogP contribution is -2.38. The number of carbonyl (C=O) groups is 1. The highest BCUT2D eigenvalue weighted by Gasteiger charge is 2.31. The van der Waals surface area contributed by atoms with Crippen LogP contribution in [0.1, 0.15) is 27.8 Å². The van der Waals surface area contributed by atoms with Crippen molar-refractivity contribution in [2.75, 3.05) is 13.2 Å². The van der Waals surface area contributed by atoms with Crippen LogP contribution in [0.5, 0.6) is 0 Å². The minimum absolute atomic E-state index is 0.0554. The maximum Gasteiger partial charge on any atom is 0.252 e. The summed E-state index contributed by atoms with van der Waals surface area (Å²) in [6.07, 6.45) is -1.09. The summed E-state index contributed by atoms with van der Waals surface area (Å²) in [4.78, 5) is 11.1. The second-order valence-corrected chi connectivity index (χ2v) is 8.42. The molecule has 1 aliphatic rings. The van der Waals surface area contributed by atoms with Crippen LogP contribution in [0.25, 0.3) is 0 Å². The highest BCUT2D eigenvalue weighted by molar-refractivity contribution is 7.91. The van der Waals surface area contributed by atoms with Crippen LogP contribution in [0.15, 0.2) is 21.7 Å². The van der Waals surface area contributed by atoms with E-state index in [1.165, 1.54) is 15.8 Å². The van der Waals surface area contributed by atoms with Crippen LogP contribution < -0.4 is 5.73 Å². The number of hydrogen-bond acceptors (Lipinski definition) is 7. The molecule has 4 N–H and O–H groups in total. The number of rotatable bonds is 5. The van der Waals surface area contributed by atoms with Gasteiger partial charge in [-0.05, 0) is 12.1 Å². The first-order valence-electron chi connectivity index (χ1n) is 7.07. The van der Waals surface area contributed by atoms with E-state index in [0.29, 0.717) is 17.9 Å². The summed E-state index contributed by atoms with van der Waals surface area (Å²) in [5.74, 6) is -0.674. The van der Waals surface area contributed by atoms with Crippen molar-refractivity contribution >= 4 is 27.3 Å². The molecule has 3 heterocycles. The molecule has 1 atom stereocenters. The molecule has 0 fully saturated rings. The molecule has 0 saturated carbocycles. The molecule has 2 aromatic rings. The minimum Gasteiger partial charge on any atom is -0.393 e. The summed E-state index contributed by atoms with van der Waals surface area (Å²) < 4.78 is 28.3. The molecule has 0 radical (unpaired) electrons. The standard InChI is InChI=1S/C13H16N4O5S2/c14-13(20)8-3-12(23-7-8)24(21,22)16-1-2-17-9(5-16)4-10(15-17)11(19)6-18/h3-4,7,11,18-19H,1-2,5-6H2,(H2,14,20)/t11-/m0/s1. The molecule has 0 bridgehead atoms. The zero-order chi connectivity index (χ0) is 17.5. The third-order valence-electron chi connectivity index (χ3n) is 3.75. The van der Waals surface area contributed by atoms with Crippen molar-refractivity contribution in [3.8, 4) is 0 Å². The average molecular weight is 372 g/mol. The third-order valence-corrected chi connectivity index (χ3v) is 7.01. The average Bonchev–Trinajstić information content (AvgIpc) is 3.20. The number of nitrogens with two attached hydrogens (primary N) is 1. The van der Waals surface area contributed by atoms with Gasteiger partial charge >= 0.3 is 0 Å². The number of hydrogen-bond donors (Lipinski definition) is 3. The molecule has 11 heteroatoms. The molecule has 9 nitrogen and oxygen atoms in total. The second-order valence-electron chi connectivity index (χ2n) is 5.34. The van der Waals surface area contributed by atoms with Crippen molar-refractivity contribution in [3.63, 3.8) is 0 Å². The molecule has 0 saturated heterocycles. The van der Waals surface area contributed by atoms with Crippen molar-refractivity contribution < 1.29 is 23.4 Å². The van der Waals surface area contributed by atoms with Crippen molar-refractivity contribution in [1.29, 1.82) is 0 Å². The molecule has 0 spiro atoms. The summed E-state index contributed by atoms with van der Waals surface area (Å²) in [7, 11) is -3.74. The fourth-order valence-corrected chi connectivity index (χ4v) is 5.16. The van der Waals surface area contributed by atoms with E-state index in [1.807, 2.05) is 0 Å². The van der Waals surface area contributed by atoms with E-state index in [-0.39, 0.29) is 22.9 Å². The van der Waals surface area contributed by atoms with Gasteiger partial charge < -0.3 is 15.9 Å². The number of fused-ring (bicyclic) bond motifs is 1. The number of amides is 1. The Balaban J connectivity index is 1.85. The van der Waals surface area contributed by atoms with Crippen molar-refractivity contribution in [2.24, 2.45) is 5.73 Å². The van der Waals surface area contributed by atoms with E-state index >= 15 is 0 Å². The molecular weight excluding hydrogens is 356 g/mol. The largest absolute Gasteiger partial charge is 0.393 e. The van der Waals surface area contributed by atoms with Crippen LogP contribution >= 0.6 is 11.3 Å². The first-order valence-corrected chi connectivity index (χ1v) is 9.39. The van der Waals surface area contributed by atoms with Crippen LogP contribution in [0.2, 0.25) is 0 Å². The maximum absolute atomic E-state index is 12.7. The predicted molar refractivity (Wildman–Crippen MR) is 84.7 cm³/mol. The Morgan fingerprint density at radius 1 is 1.42 bits per heavy atom. The Labute approximate surface area is 142 Å². The first-order chi connectivity index (χ1) is 11.3. The molecule has 3 rings (SSSR count). The van der Waals surface area contributed by atoms with Crippen LogP contribution in [-0.4, -0.2) is 51.8 Å². The Morgan fingerprint density at radius 3 is 2.79 bits per heavy atom. The van der Waals surface area contributed by atoms with Crippen LogP contribution in [0.3, 0.4) is 0 Å². The monoisotopic (exact) mass is 372 g/mol. The van der Waals surface area contributed by atoms with Crippen LogP contribution in [-0.2, 0) is 23.1 Å². The van der Waals surface area contributed by atoms with E-state index < -0.39 is 28.6 Å². The van der Waals surface area contributed by atoms with Crippen LogP contribution in [0, 0.1) is 0 Å². The number of aliphatic hydroxyl groups excluding tert-OH is 2. The van der Waals surface area contributed by atoms with E-state index in [2.05, 4.69) is 5.10 Å². The van der Waals surface area contributed by atoms with Crippen molar-refractivity contribution in [1.82, 2.24) is 14.1 Å². The first kappa shape index (κ1) is 17.0. The molecular formula is C13H16N4O5S2. The Kier molecular flexibility index (Phi) is 4.44. The van der Waals surface area contributed by atoms with Gasteiger partial charge in [-0.1, -0.05) is 0 Å². The second kappa shape index (κ2) is 6.26. The summed E-state index contributed by atoms with van der Waals surface area (Å²) >= 11 is 0.948. The molecule has 0 aliphatic carbocycles. The summed E-state index contributed by atoms with van der Waals surface area (Å²) in [5.41, 5.74) is 6.25. The van der Waals surface area contributed by atoms with Gasteiger partial charge in [-0.25, -0.2) is 8.42 Å². The highest BCUT2D eigenvalue weighted by atomic mass is 32.2. The smallest absolute Gasteiger partial charge is 0.252 e. The highest BCUT2D eigenvalue weighted by Crippen LogP contribution is 2.27. The SMILES string of the molecule is NC(=O)c1csc(S(=O)(=O)N2CCn3nc([C@@H](O)CO)cc3C2)c1. The number of aliphatic hydroxyl groups is 2. The van der Waals surface area contributed by atoms with Gasteiger partial charge in [0.1, 0.15) is 10.3 Å². The van der Waals surface area contributed by atoms with Gasteiger partial charge in [0, 0.05) is 11.9 Å². The van der Waals surface area contributed by atoms with Gasteiger partial charge in [0.25, 0.3) is 10.0 Å². The fraction of sp³-hybridized carbons (Fsp3) is 0.385. The van der Waals surface area contributed by atoms with Gasteiger partial charge in [0.05, 0.1) is 36.6 Å². The molecule has 1 aliphatic heterocycles. The van der Waals surface area contributed by atoms with Crippen molar-refractivity contribution in [3.05, 3.63) is 34.5 Å². The van der Waals surface area contributed by atoms with Gasteiger partial charge in [-0.15, -0.1) is 11.3 Å². The lowest BCUT2D eigenvalue weighted by atomic mass is 10.2. The number of sulfonamides is 1. The lowest BCUT2D eigenvalue weighted by molar-refractivity contribution is 0.0916. The third kappa shape index (κ3) is 2.96. The van der Waals surface area contributed by atoms with Gasteiger partial charge in [-0.3, -0.25) is 9.48 Å². The summed E-state index contributed by atoms with van der Waals surface area (Å²) in [6.45, 7) is 0.192. The van der Waals surface area contributed by atoms with Crippen LogP contribution in [0.4, 0.5) is 0 Å². The zero-order valence-electron chi connectivity index (χ0n) is 12.5. The number of carbonyl (C=O) groups excluding carboxylic acids is 1. The van der Waals surface area contributed by atoms with E-state index in [4.69, 9.17) is 10.8 Å². The Morgan fingerprint density at radius 2 is 2.17 bits per heavy atom. The molecule has 130 valence electrons. The fourth-order valence-electron chi connectivity index (χ4n) is 2.43. The minimum atomic E-state index is -3.74. The number of aromatic nitrogens is 2. The van der Waals surface area contributed by atoms with Gasteiger partial charge in [0.15, 0.2) is 0 Å². The van der Waals surface area contributed by atoms with Gasteiger partial charge in [0.2, 0.25) is 5.91 Å². The van der Waals surface area contributed by atoms with Crippen molar-refractivity contribution in [2.45, 2.75) is 23.4 Å². The lowest BCUT2D eigenvalue weighted by Gasteiger charge is -2.26. The summed E-state index contributed by atoms with van der Waals surface area (Å²) in [6, 6.07) is 2.85. The molecule has 0 aromatic carbocycles. The summed E-state index contributed by atoms with van der Waals surface area (Å²) in [5, 5.41) is 24.2. The zero-order valence-corrected chi connectivity index (χ0v) is 14.1. The Bertz CT molecular complexity index is 873. The number of nitrogens with zero attached hydrogens (tertiary/aromatic N) is 3. The number of thiophene rings is 1. The maximum atomic E-state index is 12.7. The topological polar surface area (TPSA) is 139 Å². The normalized spacial score (nSPS) is 16.8. The van der Waals surface area contributed by atoms with E-state index in [1.54, 1.807) is 10.7 Å². The van der Waals surface area contributed by atoms with Gasteiger partial charge in [-0.2, -0.15) is 9.40 Å². The predicted octanol–water partition coefficient (Wildman–Crippen LogP) is -0.726.